The number of amides is 2. The summed E-state index contributed by atoms with van der Waals surface area (Å²) in [5, 5.41) is 3.81. The van der Waals surface area contributed by atoms with Crippen molar-refractivity contribution >= 4 is 17.6 Å². The van der Waals surface area contributed by atoms with E-state index in [2.05, 4.69) is 15.1 Å². The molecule has 1 aliphatic heterocycles. The molecule has 0 bridgehead atoms. The van der Waals surface area contributed by atoms with Gasteiger partial charge in [-0.05, 0) is 31.2 Å². The van der Waals surface area contributed by atoms with Gasteiger partial charge in [0, 0.05) is 32.4 Å². The van der Waals surface area contributed by atoms with Gasteiger partial charge in [-0.2, -0.15) is 4.98 Å². The van der Waals surface area contributed by atoms with Crippen LogP contribution in [0.5, 0.6) is 0 Å². The summed E-state index contributed by atoms with van der Waals surface area (Å²) in [4.78, 5) is 37.1. The van der Waals surface area contributed by atoms with Gasteiger partial charge >= 0.3 is 0 Å². The maximum Gasteiger partial charge on any atom is 0.258 e. The van der Waals surface area contributed by atoms with E-state index in [4.69, 9.17) is 10.3 Å². The van der Waals surface area contributed by atoms with E-state index in [1.807, 2.05) is 17.0 Å². The van der Waals surface area contributed by atoms with Crippen molar-refractivity contribution in [2.24, 2.45) is 5.73 Å². The van der Waals surface area contributed by atoms with Crippen molar-refractivity contribution in [2.75, 3.05) is 31.1 Å². The predicted octanol–water partition coefficient (Wildman–Crippen LogP) is 1.50. The number of hydrogen-bond acceptors (Lipinski definition) is 7. The molecular formula is C20H20N6O3. The Kier molecular flexibility index (Phi) is 4.94. The van der Waals surface area contributed by atoms with E-state index in [-0.39, 0.29) is 5.91 Å². The molecule has 1 aliphatic rings. The molecule has 2 aromatic heterocycles. The molecule has 0 spiro atoms. The molecule has 3 aromatic rings. The molecular weight excluding hydrogens is 372 g/mol. The van der Waals surface area contributed by atoms with Crippen molar-refractivity contribution in [3.05, 3.63) is 59.5 Å². The fourth-order valence-corrected chi connectivity index (χ4v) is 3.40. The van der Waals surface area contributed by atoms with Gasteiger partial charge in [-0.1, -0.05) is 17.3 Å². The molecule has 0 radical (unpaired) electrons. The zero-order valence-electron chi connectivity index (χ0n) is 15.9. The van der Waals surface area contributed by atoms with Crippen LogP contribution in [-0.2, 0) is 0 Å². The Labute approximate surface area is 167 Å². The van der Waals surface area contributed by atoms with Crippen molar-refractivity contribution in [3.8, 4) is 11.5 Å². The van der Waals surface area contributed by atoms with Crippen LogP contribution in [0.3, 0.4) is 0 Å². The first-order valence-corrected chi connectivity index (χ1v) is 9.23. The van der Waals surface area contributed by atoms with E-state index in [1.165, 1.54) is 0 Å². The summed E-state index contributed by atoms with van der Waals surface area (Å²) in [5.41, 5.74) is 6.96. The highest BCUT2D eigenvalue weighted by Gasteiger charge is 2.27. The molecule has 2 N–H and O–H groups in total. The minimum atomic E-state index is -0.518. The lowest BCUT2D eigenvalue weighted by molar-refractivity contribution is 0.0746. The number of piperazine rings is 1. The number of primary amides is 1. The Balaban J connectivity index is 1.52. The second-order valence-electron chi connectivity index (χ2n) is 6.71. The largest absolute Gasteiger partial charge is 0.365 e. The van der Waals surface area contributed by atoms with Gasteiger partial charge in [-0.3, -0.25) is 9.59 Å². The lowest BCUT2D eigenvalue weighted by atomic mass is 10.1. The molecule has 3 heterocycles. The number of carbonyl (C=O) groups excluding carboxylic acids is 2. The van der Waals surface area contributed by atoms with Gasteiger partial charge in [0.2, 0.25) is 0 Å². The summed E-state index contributed by atoms with van der Waals surface area (Å²) in [6.07, 6.45) is 1.63. The summed E-state index contributed by atoms with van der Waals surface area (Å²) in [6, 6.07) is 10.5. The number of pyridine rings is 1. The van der Waals surface area contributed by atoms with Crippen molar-refractivity contribution in [3.63, 3.8) is 0 Å². The van der Waals surface area contributed by atoms with Crippen LogP contribution in [0.2, 0.25) is 0 Å². The lowest BCUT2D eigenvalue weighted by Crippen LogP contribution is -2.49. The second kappa shape index (κ2) is 7.70. The minimum absolute atomic E-state index is 0.104. The number of hydrogen-bond donors (Lipinski definition) is 1. The van der Waals surface area contributed by atoms with Gasteiger partial charge in [-0.15, -0.1) is 0 Å². The topological polar surface area (TPSA) is 118 Å². The average molecular weight is 392 g/mol. The van der Waals surface area contributed by atoms with Crippen molar-refractivity contribution in [1.82, 2.24) is 20.0 Å². The quantitative estimate of drug-likeness (QED) is 0.715. The van der Waals surface area contributed by atoms with E-state index in [1.54, 1.807) is 42.3 Å². The van der Waals surface area contributed by atoms with Crippen LogP contribution in [0.25, 0.3) is 11.5 Å². The SMILES string of the molecule is Cc1noc(-c2ccccc2C(=O)N2CCN(c3ncccc3C(N)=O)CC2)n1. The molecule has 2 amide bonds. The van der Waals surface area contributed by atoms with Crippen molar-refractivity contribution < 1.29 is 14.1 Å². The molecule has 1 saturated heterocycles. The normalized spacial score (nSPS) is 14.1. The molecule has 29 heavy (non-hydrogen) atoms. The van der Waals surface area contributed by atoms with Crippen LogP contribution < -0.4 is 10.6 Å². The average Bonchev–Trinajstić information content (AvgIpc) is 3.19. The highest BCUT2D eigenvalue weighted by atomic mass is 16.5. The van der Waals surface area contributed by atoms with Crippen LogP contribution in [0.4, 0.5) is 5.82 Å². The molecule has 4 rings (SSSR count). The zero-order chi connectivity index (χ0) is 20.4. The van der Waals surface area contributed by atoms with Crippen molar-refractivity contribution in [2.45, 2.75) is 6.92 Å². The Bertz CT molecular complexity index is 1060. The van der Waals surface area contributed by atoms with Crippen molar-refractivity contribution in [1.29, 1.82) is 0 Å². The Morgan fingerprint density at radius 2 is 1.76 bits per heavy atom. The molecule has 1 fully saturated rings. The van der Waals surface area contributed by atoms with E-state index >= 15 is 0 Å². The maximum atomic E-state index is 13.1. The van der Waals surface area contributed by atoms with Gasteiger partial charge in [0.05, 0.1) is 16.7 Å². The number of aromatic nitrogens is 3. The maximum absolute atomic E-state index is 13.1. The number of carbonyl (C=O) groups is 2. The third-order valence-electron chi connectivity index (χ3n) is 4.83. The van der Waals surface area contributed by atoms with E-state index in [0.29, 0.717) is 60.4 Å². The van der Waals surface area contributed by atoms with Gasteiger partial charge in [0.15, 0.2) is 5.82 Å². The number of anilines is 1. The molecule has 9 nitrogen and oxygen atoms in total. The number of rotatable bonds is 4. The molecule has 0 atom stereocenters. The smallest absolute Gasteiger partial charge is 0.258 e. The second-order valence-corrected chi connectivity index (χ2v) is 6.71. The fraction of sp³-hybridized carbons (Fsp3) is 0.250. The first kappa shape index (κ1) is 18.6. The number of nitrogens with zero attached hydrogens (tertiary/aromatic N) is 5. The lowest BCUT2D eigenvalue weighted by Gasteiger charge is -2.36. The Hall–Kier alpha value is -3.75. The standard InChI is InChI=1S/C20H20N6O3/c1-13-23-19(29-24-13)14-5-2-3-6-15(14)20(28)26-11-9-25(10-12-26)18-16(17(21)27)7-4-8-22-18/h2-8H,9-12H2,1H3,(H2,21,27). The third-order valence-corrected chi connectivity index (χ3v) is 4.83. The van der Waals surface area contributed by atoms with Crippen LogP contribution >= 0.6 is 0 Å². The van der Waals surface area contributed by atoms with E-state index in [0.717, 1.165) is 0 Å². The highest BCUT2D eigenvalue weighted by molar-refractivity contribution is 6.00. The summed E-state index contributed by atoms with van der Waals surface area (Å²) >= 11 is 0. The summed E-state index contributed by atoms with van der Waals surface area (Å²) in [5.74, 6) is 0.762. The Morgan fingerprint density at radius 3 is 2.45 bits per heavy atom. The number of nitrogens with two attached hydrogens (primary N) is 1. The summed E-state index contributed by atoms with van der Waals surface area (Å²) in [6.45, 7) is 3.81. The first-order chi connectivity index (χ1) is 14.0. The molecule has 0 aliphatic carbocycles. The Morgan fingerprint density at radius 1 is 1.03 bits per heavy atom. The van der Waals surface area contributed by atoms with Gasteiger partial charge in [0.25, 0.3) is 17.7 Å². The van der Waals surface area contributed by atoms with Crippen LogP contribution in [0.15, 0.2) is 47.1 Å². The number of aryl methyl sites for hydroxylation is 1. The first-order valence-electron chi connectivity index (χ1n) is 9.23. The molecule has 0 unspecified atom stereocenters. The molecule has 0 saturated carbocycles. The minimum Gasteiger partial charge on any atom is -0.365 e. The molecule has 9 heteroatoms. The summed E-state index contributed by atoms with van der Waals surface area (Å²) in [7, 11) is 0. The van der Waals surface area contributed by atoms with E-state index in [9.17, 15) is 9.59 Å². The summed E-state index contributed by atoms with van der Waals surface area (Å²) < 4.78 is 5.25. The predicted molar refractivity (Wildman–Crippen MR) is 105 cm³/mol. The molecule has 148 valence electrons. The fourth-order valence-electron chi connectivity index (χ4n) is 3.40. The van der Waals surface area contributed by atoms with Crippen LogP contribution in [0.1, 0.15) is 26.5 Å². The van der Waals surface area contributed by atoms with Gasteiger partial charge in [-0.25, -0.2) is 4.98 Å². The van der Waals surface area contributed by atoms with Crippen LogP contribution in [0, 0.1) is 6.92 Å². The monoisotopic (exact) mass is 392 g/mol. The third kappa shape index (κ3) is 3.66. The van der Waals surface area contributed by atoms with Gasteiger partial charge < -0.3 is 20.1 Å². The van der Waals surface area contributed by atoms with Gasteiger partial charge in [0.1, 0.15) is 5.82 Å². The van der Waals surface area contributed by atoms with E-state index < -0.39 is 5.91 Å². The van der Waals surface area contributed by atoms with Crippen LogP contribution in [-0.4, -0.2) is 58.0 Å². The number of benzene rings is 1. The molecule has 1 aromatic carbocycles. The highest BCUT2D eigenvalue weighted by Crippen LogP contribution is 2.25. The zero-order valence-corrected chi connectivity index (χ0v) is 15.9.